The lowest BCUT2D eigenvalue weighted by molar-refractivity contribution is 0.252. The van der Waals surface area contributed by atoms with Gasteiger partial charge in [-0.1, -0.05) is 49.4 Å². The number of carbonyl (C=O) groups is 1. The zero-order valence-corrected chi connectivity index (χ0v) is 13.6. The summed E-state index contributed by atoms with van der Waals surface area (Å²) in [5.74, 6) is 0. The van der Waals surface area contributed by atoms with E-state index in [1.165, 1.54) is 11.1 Å². The van der Waals surface area contributed by atoms with Crippen LogP contribution < -0.4 is 10.6 Å². The molecular weight excluding hydrogens is 272 g/mol. The van der Waals surface area contributed by atoms with E-state index in [9.17, 15) is 4.79 Å². The summed E-state index contributed by atoms with van der Waals surface area (Å²) >= 11 is 0. The van der Waals surface area contributed by atoms with Crippen LogP contribution in [0.2, 0.25) is 0 Å². The number of benzene rings is 2. The summed E-state index contributed by atoms with van der Waals surface area (Å²) in [4.78, 5) is 12.1. The van der Waals surface area contributed by atoms with Gasteiger partial charge in [0.2, 0.25) is 0 Å². The molecule has 0 bridgehead atoms. The molecule has 0 heterocycles. The molecule has 0 aromatic heterocycles. The molecule has 0 unspecified atom stereocenters. The Labute approximate surface area is 132 Å². The van der Waals surface area contributed by atoms with Crippen molar-refractivity contribution in [2.75, 3.05) is 11.9 Å². The SMILES string of the molecule is CCc1cccc(C)c1NC(=O)NCCc1ccccc1C. The first-order valence-corrected chi connectivity index (χ1v) is 7.79. The highest BCUT2D eigenvalue weighted by molar-refractivity contribution is 5.91. The topological polar surface area (TPSA) is 41.1 Å². The van der Waals surface area contributed by atoms with Crippen molar-refractivity contribution in [1.29, 1.82) is 0 Å². The van der Waals surface area contributed by atoms with Gasteiger partial charge in [-0.05, 0) is 48.9 Å². The first-order chi connectivity index (χ1) is 10.6. The molecule has 2 amide bonds. The van der Waals surface area contributed by atoms with Gasteiger partial charge in [-0.2, -0.15) is 0 Å². The number of nitrogens with one attached hydrogen (secondary N) is 2. The highest BCUT2D eigenvalue weighted by atomic mass is 16.2. The van der Waals surface area contributed by atoms with Crippen molar-refractivity contribution in [2.24, 2.45) is 0 Å². The van der Waals surface area contributed by atoms with E-state index in [1.807, 2.05) is 31.2 Å². The molecule has 2 aromatic rings. The third-order valence-corrected chi connectivity index (χ3v) is 3.92. The molecule has 0 saturated heterocycles. The molecule has 3 nitrogen and oxygen atoms in total. The summed E-state index contributed by atoms with van der Waals surface area (Å²) in [6.45, 7) is 6.83. The lowest BCUT2D eigenvalue weighted by atomic mass is 10.1. The predicted octanol–water partition coefficient (Wildman–Crippen LogP) is 4.23. The first-order valence-electron chi connectivity index (χ1n) is 7.79. The van der Waals surface area contributed by atoms with Crippen LogP contribution >= 0.6 is 0 Å². The predicted molar refractivity (Wildman–Crippen MR) is 92.5 cm³/mol. The Morgan fingerprint density at radius 1 is 0.955 bits per heavy atom. The minimum Gasteiger partial charge on any atom is -0.338 e. The summed E-state index contributed by atoms with van der Waals surface area (Å²) in [6, 6.07) is 14.2. The van der Waals surface area contributed by atoms with Gasteiger partial charge in [0.1, 0.15) is 0 Å². The van der Waals surface area contributed by atoms with Crippen molar-refractivity contribution in [1.82, 2.24) is 5.32 Å². The van der Waals surface area contributed by atoms with E-state index in [0.717, 1.165) is 29.7 Å². The molecule has 0 aliphatic heterocycles. The maximum Gasteiger partial charge on any atom is 0.319 e. The molecule has 2 N–H and O–H groups in total. The van der Waals surface area contributed by atoms with Gasteiger partial charge in [0.25, 0.3) is 0 Å². The lowest BCUT2D eigenvalue weighted by Gasteiger charge is -2.14. The second kappa shape index (κ2) is 7.64. The summed E-state index contributed by atoms with van der Waals surface area (Å²) in [6.07, 6.45) is 1.75. The lowest BCUT2D eigenvalue weighted by Crippen LogP contribution is -2.31. The summed E-state index contributed by atoms with van der Waals surface area (Å²) in [5.41, 5.74) is 5.71. The van der Waals surface area contributed by atoms with Crippen molar-refractivity contribution in [2.45, 2.75) is 33.6 Å². The minimum absolute atomic E-state index is 0.141. The molecule has 3 heteroatoms. The number of hydrogen-bond donors (Lipinski definition) is 2. The Balaban J connectivity index is 1.90. The van der Waals surface area contributed by atoms with E-state index in [1.54, 1.807) is 0 Å². The average Bonchev–Trinajstić information content (AvgIpc) is 2.51. The molecule has 2 rings (SSSR count). The Morgan fingerprint density at radius 2 is 1.64 bits per heavy atom. The van der Waals surface area contributed by atoms with Crippen LogP contribution in [0.3, 0.4) is 0 Å². The summed E-state index contributed by atoms with van der Waals surface area (Å²) < 4.78 is 0. The van der Waals surface area contributed by atoms with Gasteiger partial charge in [-0.25, -0.2) is 4.79 Å². The second-order valence-corrected chi connectivity index (χ2v) is 5.52. The third-order valence-electron chi connectivity index (χ3n) is 3.92. The Kier molecular flexibility index (Phi) is 5.59. The summed E-state index contributed by atoms with van der Waals surface area (Å²) in [5, 5.41) is 5.92. The molecule has 2 aromatic carbocycles. The Bertz CT molecular complexity index is 650. The van der Waals surface area contributed by atoms with E-state index in [4.69, 9.17) is 0 Å². The number of anilines is 1. The zero-order chi connectivity index (χ0) is 15.9. The molecule has 22 heavy (non-hydrogen) atoms. The number of rotatable bonds is 5. The molecule has 0 aliphatic carbocycles. The fraction of sp³-hybridized carbons (Fsp3) is 0.316. The smallest absolute Gasteiger partial charge is 0.319 e. The maximum absolute atomic E-state index is 12.1. The van der Waals surface area contributed by atoms with Gasteiger partial charge in [-0.3, -0.25) is 0 Å². The molecule has 0 atom stereocenters. The van der Waals surface area contributed by atoms with Crippen LogP contribution in [0.5, 0.6) is 0 Å². The van der Waals surface area contributed by atoms with Crippen LogP contribution in [0.4, 0.5) is 10.5 Å². The minimum atomic E-state index is -0.141. The quantitative estimate of drug-likeness (QED) is 0.851. The molecule has 0 saturated carbocycles. The van der Waals surface area contributed by atoms with Crippen molar-refractivity contribution < 1.29 is 4.79 Å². The molecule has 0 fully saturated rings. The normalized spacial score (nSPS) is 10.3. The highest BCUT2D eigenvalue weighted by Crippen LogP contribution is 2.20. The number of carbonyl (C=O) groups excluding carboxylic acids is 1. The van der Waals surface area contributed by atoms with Gasteiger partial charge < -0.3 is 10.6 Å². The molecule has 0 radical (unpaired) electrons. The van der Waals surface area contributed by atoms with E-state index in [-0.39, 0.29) is 6.03 Å². The summed E-state index contributed by atoms with van der Waals surface area (Å²) in [7, 11) is 0. The number of hydrogen-bond acceptors (Lipinski definition) is 1. The van der Waals surface area contributed by atoms with Gasteiger partial charge in [-0.15, -0.1) is 0 Å². The number of urea groups is 1. The number of aryl methyl sites for hydroxylation is 3. The first kappa shape index (κ1) is 16.1. The van der Waals surface area contributed by atoms with Crippen molar-refractivity contribution >= 4 is 11.7 Å². The van der Waals surface area contributed by atoms with E-state index in [0.29, 0.717) is 6.54 Å². The molecular formula is C19H24N2O. The Hall–Kier alpha value is -2.29. The fourth-order valence-electron chi connectivity index (χ4n) is 2.56. The molecule has 0 aliphatic rings. The third kappa shape index (κ3) is 4.10. The number of para-hydroxylation sites is 1. The van der Waals surface area contributed by atoms with Crippen molar-refractivity contribution in [3.63, 3.8) is 0 Å². The maximum atomic E-state index is 12.1. The number of amides is 2. The molecule has 116 valence electrons. The van der Waals surface area contributed by atoms with Crippen LogP contribution in [0.15, 0.2) is 42.5 Å². The van der Waals surface area contributed by atoms with Gasteiger partial charge in [0.05, 0.1) is 0 Å². The van der Waals surface area contributed by atoms with Gasteiger partial charge >= 0.3 is 6.03 Å². The van der Waals surface area contributed by atoms with Crippen molar-refractivity contribution in [3.8, 4) is 0 Å². The fourth-order valence-corrected chi connectivity index (χ4v) is 2.56. The van der Waals surface area contributed by atoms with Crippen LogP contribution in [0.25, 0.3) is 0 Å². The highest BCUT2D eigenvalue weighted by Gasteiger charge is 2.08. The Morgan fingerprint density at radius 3 is 2.36 bits per heavy atom. The van der Waals surface area contributed by atoms with Crippen LogP contribution in [0, 0.1) is 13.8 Å². The largest absolute Gasteiger partial charge is 0.338 e. The van der Waals surface area contributed by atoms with E-state index in [2.05, 4.69) is 42.7 Å². The molecule has 0 spiro atoms. The monoisotopic (exact) mass is 296 g/mol. The van der Waals surface area contributed by atoms with Crippen LogP contribution in [-0.2, 0) is 12.8 Å². The standard InChI is InChI=1S/C19H24N2O/c1-4-16-11-7-9-15(3)18(16)21-19(22)20-13-12-17-10-6-5-8-14(17)2/h5-11H,4,12-13H2,1-3H3,(H2,20,21,22). The van der Waals surface area contributed by atoms with Gasteiger partial charge in [0.15, 0.2) is 0 Å². The van der Waals surface area contributed by atoms with Crippen LogP contribution in [0.1, 0.15) is 29.2 Å². The van der Waals surface area contributed by atoms with E-state index < -0.39 is 0 Å². The second-order valence-electron chi connectivity index (χ2n) is 5.52. The van der Waals surface area contributed by atoms with Crippen molar-refractivity contribution in [3.05, 3.63) is 64.7 Å². The van der Waals surface area contributed by atoms with Crippen LogP contribution in [-0.4, -0.2) is 12.6 Å². The zero-order valence-electron chi connectivity index (χ0n) is 13.6. The average molecular weight is 296 g/mol. The van der Waals surface area contributed by atoms with E-state index >= 15 is 0 Å². The van der Waals surface area contributed by atoms with Gasteiger partial charge in [0, 0.05) is 12.2 Å².